The number of piperazine rings is 1. The molecule has 1 unspecified atom stereocenters. The lowest BCUT2D eigenvalue weighted by molar-refractivity contribution is 0.221. The van der Waals surface area contributed by atoms with Crippen LogP contribution in [0, 0.1) is 0 Å². The Morgan fingerprint density at radius 1 is 1.38 bits per heavy atom. The Bertz CT molecular complexity index is 341. The van der Waals surface area contributed by atoms with Gasteiger partial charge < -0.3 is 10.2 Å². The molecule has 3 rings (SSSR count). The third-order valence-corrected chi connectivity index (χ3v) is 4.86. The maximum atomic E-state index is 3.43. The Labute approximate surface area is 102 Å². The molecular formula is C13H20N2S. The molecule has 0 aromatic carbocycles. The zero-order chi connectivity index (χ0) is 10.8. The van der Waals surface area contributed by atoms with Crippen molar-refractivity contribution in [1.82, 2.24) is 10.2 Å². The lowest BCUT2D eigenvalue weighted by Crippen LogP contribution is -2.45. The molecule has 1 N–H and O–H groups in total. The van der Waals surface area contributed by atoms with Gasteiger partial charge in [0.05, 0.1) is 0 Å². The number of hydrogen-bond acceptors (Lipinski definition) is 3. The Balaban J connectivity index is 1.67. The first-order valence-corrected chi connectivity index (χ1v) is 7.31. The molecule has 0 saturated carbocycles. The molecule has 1 atom stereocenters. The molecule has 0 spiro atoms. The fourth-order valence-corrected chi connectivity index (χ4v) is 3.99. The van der Waals surface area contributed by atoms with Crippen molar-refractivity contribution >= 4 is 11.3 Å². The van der Waals surface area contributed by atoms with E-state index in [2.05, 4.69) is 21.7 Å². The van der Waals surface area contributed by atoms with Crippen molar-refractivity contribution in [3.8, 4) is 0 Å². The highest BCUT2D eigenvalue weighted by atomic mass is 32.1. The van der Waals surface area contributed by atoms with Crippen LogP contribution in [0.4, 0.5) is 0 Å². The molecule has 0 radical (unpaired) electrons. The van der Waals surface area contributed by atoms with E-state index in [1.54, 1.807) is 10.4 Å². The second-order valence-electron chi connectivity index (χ2n) is 4.94. The summed E-state index contributed by atoms with van der Waals surface area (Å²) in [6.45, 7) is 6.09. The summed E-state index contributed by atoms with van der Waals surface area (Å²) < 4.78 is 0. The van der Waals surface area contributed by atoms with Crippen molar-refractivity contribution in [3.05, 3.63) is 21.9 Å². The van der Waals surface area contributed by atoms with E-state index in [0.717, 1.165) is 5.92 Å². The molecule has 2 nitrogen and oxygen atoms in total. The van der Waals surface area contributed by atoms with Gasteiger partial charge >= 0.3 is 0 Å². The first-order valence-electron chi connectivity index (χ1n) is 6.43. The van der Waals surface area contributed by atoms with Crippen molar-refractivity contribution in [2.24, 2.45) is 0 Å². The molecule has 1 aliphatic heterocycles. The SMILES string of the molecule is c1cc2c(s1)CCCC2CN1CCNCC1. The molecule has 0 bridgehead atoms. The van der Waals surface area contributed by atoms with Gasteiger partial charge in [-0.3, -0.25) is 0 Å². The van der Waals surface area contributed by atoms with E-state index < -0.39 is 0 Å². The van der Waals surface area contributed by atoms with Gasteiger partial charge in [-0.2, -0.15) is 0 Å². The predicted molar refractivity (Wildman–Crippen MR) is 69.3 cm³/mol. The van der Waals surface area contributed by atoms with Crippen molar-refractivity contribution in [2.75, 3.05) is 32.7 Å². The number of aryl methyl sites for hydroxylation is 1. The lowest BCUT2D eigenvalue weighted by Gasteiger charge is -2.32. The van der Waals surface area contributed by atoms with Crippen molar-refractivity contribution < 1.29 is 0 Å². The molecule has 16 heavy (non-hydrogen) atoms. The van der Waals surface area contributed by atoms with Crippen LogP contribution in [-0.2, 0) is 6.42 Å². The smallest absolute Gasteiger partial charge is 0.0108 e. The topological polar surface area (TPSA) is 15.3 Å². The minimum Gasteiger partial charge on any atom is -0.314 e. The highest BCUT2D eigenvalue weighted by molar-refractivity contribution is 7.10. The van der Waals surface area contributed by atoms with Gasteiger partial charge in [0.1, 0.15) is 0 Å². The summed E-state index contributed by atoms with van der Waals surface area (Å²) in [6.07, 6.45) is 4.11. The molecule has 3 heteroatoms. The Morgan fingerprint density at radius 3 is 3.12 bits per heavy atom. The van der Waals surface area contributed by atoms with Gasteiger partial charge in [0.2, 0.25) is 0 Å². The number of thiophene rings is 1. The van der Waals surface area contributed by atoms with Crippen LogP contribution in [0.5, 0.6) is 0 Å². The minimum absolute atomic E-state index is 0.813. The standard InChI is InChI=1S/C13H20N2S/c1-2-11(10-15-7-5-14-6-8-15)12-4-9-16-13(12)3-1/h4,9,11,14H,1-3,5-8,10H2. The molecule has 0 amide bonds. The van der Waals surface area contributed by atoms with Gasteiger partial charge in [0.15, 0.2) is 0 Å². The molecule has 1 aliphatic carbocycles. The van der Waals surface area contributed by atoms with E-state index in [4.69, 9.17) is 0 Å². The summed E-state index contributed by atoms with van der Waals surface area (Å²) in [5, 5.41) is 5.71. The van der Waals surface area contributed by atoms with E-state index in [1.165, 1.54) is 52.0 Å². The summed E-state index contributed by atoms with van der Waals surface area (Å²) in [7, 11) is 0. The number of nitrogens with one attached hydrogen (secondary N) is 1. The molecule has 1 aromatic heterocycles. The number of hydrogen-bond donors (Lipinski definition) is 1. The van der Waals surface area contributed by atoms with Crippen LogP contribution in [0.3, 0.4) is 0 Å². The number of rotatable bonds is 2. The van der Waals surface area contributed by atoms with Crippen molar-refractivity contribution in [2.45, 2.75) is 25.2 Å². The summed E-state index contributed by atoms with van der Waals surface area (Å²) in [5.74, 6) is 0.813. The third kappa shape index (κ3) is 2.17. The fourth-order valence-electron chi connectivity index (χ4n) is 2.98. The van der Waals surface area contributed by atoms with Gasteiger partial charge in [-0.25, -0.2) is 0 Å². The Kier molecular flexibility index (Phi) is 3.27. The van der Waals surface area contributed by atoms with Crippen LogP contribution in [0.1, 0.15) is 29.2 Å². The van der Waals surface area contributed by atoms with E-state index in [-0.39, 0.29) is 0 Å². The predicted octanol–water partition coefficient (Wildman–Crippen LogP) is 2.07. The maximum Gasteiger partial charge on any atom is 0.0108 e. The molecule has 1 fully saturated rings. The number of nitrogens with zero attached hydrogens (tertiary/aromatic N) is 1. The normalized spacial score (nSPS) is 26.6. The van der Waals surface area contributed by atoms with Gasteiger partial charge in [-0.05, 0) is 42.2 Å². The van der Waals surface area contributed by atoms with Gasteiger partial charge in [0, 0.05) is 37.6 Å². The molecule has 2 aliphatic rings. The van der Waals surface area contributed by atoms with E-state index in [9.17, 15) is 0 Å². The maximum absolute atomic E-state index is 3.43. The van der Waals surface area contributed by atoms with E-state index >= 15 is 0 Å². The molecule has 88 valence electrons. The number of fused-ring (bicyclic) bond motifs is 1. The zero-order valence-electron chi connectivity index (χ0n) is 9.74. The molecular weight excluding hydrogens is 216 g/mol. The van der Waals surface area contributed by atoms with Gasteiger partial charge in [0.25, 0.3) is 0 Å². The zero-order valence-corrected chi connectivity index (χ0v) is 10.6. The summed E-state index contributed by atoms with van der Waals surface area (Å²) in [5.41, 5.74) is 1.66. The monoisotopic (exact) mass is 236 g/mol. The summed E-state index contributed by atoms with van der Waals surface area (Å²) in [4.78, 5) is 4.29. The van der Waals surface area contributed by atoms with Gasteiger partial charge in [-0.1, -0.05) is 0 Å². The van der Waals surface area contributed by atoms with Gasteiger partial charge in [-0.15, -0.1) is 11.3 Å². The molecule has 1 saturated heterocycles. The first kappa shape index (κ1) is 10.8. The van der Waals surface area contributed by atoms with Crippen LogP contribution >= 0.6 is 11.3 Å². The molecule has 2 heterocycles. The van der Waals surface area contributed by atoms with Crippen LogP contribution < -0.4 is 5.32 Å². The average Bonchev–Trinajstić information content (AvgIpc) is 2.80. The second kappa shape index (κ2) is 4.86. The average molecular weight is 236 g/mol. The second-order valence-corrected chi connectivity index (χ2v) is 5.94. The Hall–Kier alpha value is -0.380. The highest BCUT2D eigenvalue weighted by Crippen LogP contribution is 2.35. The third-order valence-electron chi connectivity index (χ3n) is 3.86. The van der Waals surface area contributed by atoms with Crippen LogP contribution in [0.15, 0.2) is 11.4 Å². The van der Waals surface area contributed by atoms with Crippen LogP contribution in [0.25, 0.3) is 0 Å². The summed E-state index contributed by atoms with van der Waals surface area (Å²) >= 11 is 1.96. The first-order chi connectivity index (χ1) is 7.93. The highest BCUT2D eigenvalue weighted by Gasteiger charge is 2.23. The van der Waals surface area contributed by atoms with Crippen molar-refractivity contribution in [3.63, 3.8) is 0 Å². The van der Waals surface area contributed by atoms with E-state index in [0.29, 0.717) is 0 Å². The lowest BCUT2D eigenvalue weighted by atomic mass is 9.87. The minimum atomic E-state index is 0.813. The van der Waals surface area contributed by atoms with Crippen LogP contribution in [0.2, 0.25) is 0 Å². The fraction of sp³-hybridized carbons (Fsp3) is 0.692. The molecule has 1 aromatic rings. The van der Waals surface area contributed by atoms with E-state index in [1.807, 2.05) is 11.3 Å². The quantitative estimate of drug-likeness (QED) is 0.846. The van der Waals surface area contributed by atoms with Crippen molar-refractivity contribution in [1.29, 1.82) is 0 Å². The largest absolute Gasteiger partial charge is 0.314 e. The Morgan fingerprint density at radius 2 is 2.25 bits per heavy atom. The van der Waals surface area contributed by atoms with Crippen LogP contribution in [-0.4, -0.2) is 37.6 Å². The summed E-state index contributed by atoms with van der Waals surface area (Å²) in [6, 6.07) is 2.37.